The maximum atomic E-state index is 12.6. The lowest BCUT2D eigenvalue weighted by Gasteiger charge is -2.12. The maximum absolute atomic E-state index is 12.6. The lowest BCUT2D eigenvalue weighted by Crippen LogP contribution is -2.13. The third-order valence-electron chi connectivity index (χ3n) is 4.13. The van der Waals surface area contributed by atoms with Crippen molar-refractivity contribution in [3.05, 3.63) is 59.7 Å². The molecule has 2 aromatic carbocycles. The van der Waals surface area contributed by atoms with Crippen LogP contribution in [0.2, 0.25) is 0 Å². The van der Waals surface area contributed by atoms with E-state index in [1.54, 1.807) is 31.2 Å². The molecule has 3 rings (SSSR count). The van der Waals surface area contributed by atoms with Crippen molar-refractivity contribution in [3.8, 4) is 17.6 Å². The van der Waals surface area contributed by atoms with E-state index in [4.69, 9.17) is 8.92 Å². The number of anilines is 1. The minimum Gasteiger partial charge on any atom is -0.490 e. The normalized spacial score (nSPS) is 12.0. The highest BCUT2D eigenvalue weighted by atomic mass is 32.2. The molecule has 182 valence electrons. The second-order valence-electron chi connectivity index (χ2n) is 6.77. The first-order valence-corrected chi connectivity index (χ1v) is 13.8. The van der Waals surface area contributed by atoms with Crippen LogP contribution in [0.4, 0.5) is 5.13 Å². The van der Waals surface area contributed by atoms with Crippen molar-refractivity contribution in [2.45, 2.75) is 17.0 Å². The number of ether oxygens (including phenoxy) is 1. The van der Waals surface area contributed by atoms with Crippen molar-refractivity contribution in [2.75, 3.05) is 18.2 Å². The predicted molar refractivity (Wildman–Crippen MR) is 127 cm³/mol. The molecular weight excluding hydrogens is 516 g/mol. The van der Waals surface area contributed by atoms with Crippen LogP contribution in [0, 0.1) is 11.3 Å². The zero-order valence-corrected chi connectivity index (χ0v) is 20.8. The molecule has 1 amide bonds. The van der Waals surface area contributed by atoms with Gasteiger partial charge in [0.2, 0.25) is 15.0 Å². The number of nitrogens with zero attached hydrogens (tertiary/aromatic N) is 3. The standard InChI is InChI=1S/C21H18N4O7S3/c1-3-31-18-12-14(9-10-17(18)32-35(29,30)16-7-5-4-6-8-16)11-15(13-22)19(26)23-20-24-21(25-33-20)34(2,27)28/h4-12H,3H2,1-2H3,(H,23,24,25,26). The van der Waals surface area contributed by atoms with E-state index < -0.39 is 31.0 Å². The van der Waals surface area contributed by atoms with E-state index in [1.807, 2.05) is 0 Å². The molecule has 11 nitrogen and oxygen atoms in total. The summed E-state index contributed by atoms with van der Waals surface area (Å²) in [5, 5.41) is 11.2. The van der Waals surface area contributed by atoms with Gasteiger partial charge in [0.05, 0.1) is 6.61 Å². The lowest BCUT2D eigenvalue weighted by atomic mass is 10.1. The minimum absolute atomic E-state index is 0.0365. The number of carbonyl (C=O) groups is 1. The molecule has 0 unspecified atom stereocenters. The van der Waals surface area contributed by atoms with E-state index >= 15 is 0 Å². The van der Waals surface area contributed by atoms with Gasteiger partial charge in [-0.05, 0) is 42.8 Å². The lowest BCUT2D eigenvalue weighted by molar-refractivity contribution is -0.112. The van der Waals surface area contributed by atoms with Crippen LogP contribution in [0.15, 0.2) is 64.2 Å². The largest absolute Gasteiger partial charge is 0.490 e. The Morgan fingerprint density at radius 1 is 1.14 bits per heavy atom. The number of sulfone groups is 1. The maximum Gasteiger partial charge on any atom is 0.339 e. The Hall–Kier alpha value is -3.80. The minimum atomic E-state index is -4.12. The molecule has 0 aliphatic carbocycles. The van der Waals surface area contributed by atoms with Gasteiger partial charge in [-0.3, -0.25) is 10.1 Å². The highest BCUT2D eigenvalue weighted by molar-refractivity contribution is 7.90. The number of hydrogen-bond donors (Lipinski definition) is 1. The number of hydrogen-bond acceptors (Lipinski definition) is 11. The number of carbonyl (C=O) groups excluding carboxylic acids is 1. The summed E-state index contributed by atoms with van der Waals surface area (Å²) < 4.78 is 62.5. The molecular formula is C21H18N4O7S3. The molecule has 1 aromatic heterocycles. The molecule has 0 saturated heterocycles. The second-order valence-corrected chi connectivity index (χ2v) is 11.0. The summed E-state index contributed by atoms with van der Waals surface area (Å²) in [4.78, 5) is 16.2. The summed E-state index contributed by atoms with van der Waals surface area (Å²) in [6.07, 6.45) is 2.17. The molecule has 14 heteroatoms. The van der Waals surface area contributed by atoms with Gasteiger partial charge in [0.1, 0.15) is 16.5 Å². The highest BCUT2D eigenvalue weighted by Gasteiger charge is 2.20. The van der Waals surface area contributed by atoms with E-state index in [0.29, 0.717) is 17.1 Å². The van der Waals surface area contributed by atoms with Crippen LogP contribution in [-0.4, -0.2) is 45.0 Å². The SMILES string of the molecule is CCOc1cc(C=C(C#N)C(=O)Nc2nc(S(C)(=O)=O)ns2)ccc1OS(=O)(=O)c1ccccc1. The van der Waals surface area contributed by atoms with Crippen molar-refractivity contribution in [1.82, 2.24) is 9.36 Å². The van der Waals surface area contributed by atoms with Gasteiger partial charge in [0, 0.05) is 17.8 Å². The third-order valence-corrected chi connectivity index (χ3v) is 6.97. The quantitative estimate of drug-likeness (QED) is 0.245. The molecule has 1 heterocycles. The van der Waals surface area contributed by atoms with Crippen molar-refractivity contribution >= 4 is 48.6 Å². The van der Waals surface area contributed by atoms with Crippen molar-refractivity contribution in [3.63, 3.8) is 0 Å². The Labute approximate surface area is 205 Å². The zero-order chi connectivity index (χ0) is 25.6. The topological polar surface area (TPSA) is 165 Å². The molecule has 0 aliphatic heterocycles. The smallest absolute Gasteiger partial charge is 0.339 e. The van der Waals surface area contributed by atoms with Gasteiger partial charge in [0.25, 0.3) is 11.1 Å². The fraction of sp³-hybridized carbons (Fsp3) is 0.143. The van der Waals surface area contributed by atoms with Crippen LogP contribution < -0.4 is 14.2 Å². The van der Waals surface area contributed by atoms with Gasteiger partial charge >= 0.3 is 10.1 Å². The van der Waals surface area contributed by atoms with Crippen LogP contribution in [0.25, 0.3) is 6.08 Å². The Kier molecular flexibility index (Phi) is 7.85. The van der Waals surface area contributed by atoms with Gasteiger partial charge < -0.3 is 8.92 Å². The van der Waals surface area contributed by atoms with Crippen LogP contribution >= 0.6 is 11.5 Å². The number of nitrogens with one attached hydrogen (secondary N) is 1. The summed E-state index contributed by atoms with van der Waals surface area (Å²) >= 11 is 0.651. The van der Waals surface area contributed by atoms with E-state index in [2.05, 4.69) is 14.7 Å². The molecule has 3 aromatic rings. The van der Waals surface area contributed by atoms with E-state index in [1.165, 1.54) is 36.4 Å². The van der Waals surface area contributed by atoms with Crippen molar-refractivity contribution in [1.29, 1.82) is 5.26 Å². The Balaban J connectivity index is 1.86. The van der Waals surface area contributed by atoms with Crippen LogP contribution in [-0.2, 0) is 24.7 Å². The van der Waals surface area contributed by atoms with E-state index in [9.17, 15) is 26.9 Å². The van der Waals surface area contributed by atoms with Gasteiger partial charge in [-0.1, -0.05) is 24.3 Å². The number of rotatable bonds is 9. The van der Waals surface area contributed by atoms with Gasteiger partial charge in [-0.15, -0.1) is 0 Å². The van der Waals surface area contributed by atoms with Crippen LogP contribution in [0.3, 0.4) is 0 Å². The fourth-order valence-electron chi connectivity index (χ4n) is 2.60. The fourth-order valence-corrected chi connectivity index (χ4v) is 5.00. The molecule has 0 atom stereocenters. The molecule has 1 N–H and O–H groups in total. The first-order valence-electron chi connectivity index (χ1n) is 9.77. The van der Waals surface area contributed by atoms with Crippen molar-refractivity contribution < 1.29 is 30.6 Å². The summed E-state index contributed by atoms with van der Waals surface area (Å²) in [5.74, 6) is -0.827. The number of benzene rings is 2. The average Bonchev–Trinajstić information content (AvgIpc) is 3.29. The molecule has 35 heavy (non-hydrogen) atoms. The molecule has 0 fully saturated rings. The number of aromatic nitrogens is 2. The molecule has 0 saturated carbocycles. The van der Waals surface area contributed by atoms with Gasteiger partial charge in [-0.25, -0.2) is 8.42 Å². The van der Waals surface area contributed by atoms with Gasteiger partial charge in [-0.2, -0.15) is 23.0 Å². The Morgan fingerprint density at radius 2 is 1.86 bits per heavy atom. The summed E-state index contributed by atoms with van der Waals surface area (Å²) in [7, 11) is -7.77. The first-order chi connectivity index (χ1) is 16.5. The summed E-state index contributed by atoms with van der Waals surface area (Å²) in [6.45, 7) is 1.89. The summed E-state index contributed by atoms with van der Waals surface area (Å²) in [5.41, 5.74) is 0.0211. The molecule has 0 spiro atoms. The zero-order valence-electron chi connectivity index (χ0n) is 18.3. The van der Waals surface area contributed by atoms with E-state index in [-0.39, 0.29) is 33.7 Å². The number of amides is 1. The average molecular weight is 535 g/mol. The molecule has 0 radical (unpaired) electrons. The summed E-state index contributed by atoms with van der Waals surface area (Å²) in [6, 6.07) is 13.5. The highest BCUT2D eigenvalue weighted by Crippen LogP contribution is 2.32. The van der Waals surface area contributed by atoms with Crippen LogP contribution in [0.5, 0.6) is 11.5 Å². The molecule has 0 bridgehead atoms. The van der Waals surface area contributed by atoms with Gasteiger partial charge in [0.15, 0.2) is 11.5 Å². The number of nitriles is 1. The Morgan fingerprint density at radius 3 is 2.46 bits per heavy atom. The Bertz CT molecular complexity index is 1520. The second kappa shape index (κ2) is 10.6. The molecule has 0 aliphatic rings. The third kappa shape index (κ3) is 6.63. The van der Waals surface area contributed by atoms with E-state index in [0.717, 1.165) is 6.26 Å². The monoisotopic (exact) mass is 534 g/mol. The van der Waals surface area contributed by atoms with Crippen LogP contribution in [0.1, 0.15) is 12.5 Å². The predicted octanol–water partition coefficient (Wildman–Crippen LogP) is 2.65. The first kappa shape index (κ1) is 25.8. The van der Waals surface area contributed by atoms with Crippen molar-refractivity contribution in [2.24, 2.45) is 0 Å².